The Morgan fingerprint density at radius 1 is 1.13 bits per heavy atom. The van der Waals surface area contributed by atoms with E-state index in [0.717, 1.165) is 16.0 Å². The normalized spacial score (nSPS) is 11.7. The zero-order valence-corrected chi connectivity index (χ0v) is 23.0. The number of hydrogen-bond donors (Lipinski definition) is 1. The molecule has 0 aliphatic rings. The van der Waals surface area contributed by atoms with E-state index >= 15 is 0 Å². The number of nitrogens with one attached hydrogen (secondary N) is 1. The molecule has 1 unspecified atom stereocenters. The number of rotatable bonds is 10. The third-order valence-corrected chi connectivity index (χ3v) is 7.66. The zero-order valence-electron chi connectivity index (χ0n) is 21.4. The second kappa shape index (κ2) is 12.2. The molecule has 4 aromatic rings. The van der Waals surface area contributed by atoms with Gasteiger partial charge in [0.25, 0.3) is 0 Å². The van der Waals surface area contributed by atoms with Gasteiger partial charge in [-0.3, -0.25) is 4.79 Å². The predicted molar refractivity (Wildman–Crippen MR) is 146 cm³/mol. The number of ether oxygens (including phenoxy) is 2. The Morgan fingerprint density at radius 2 is 1.84 bits per heavy atom. The van der Waals surface area contributed by atoms with Crippen LogP contribution in [-0.2, 0) is 16.1 Å². The maximum Gasteiger partial charge on any atom is 0.341 e. The molecule has 11 heteroatoms. The van der Waals surface area contributed by atoms with Crippen LogP contribution in [0.2, 0.25) is 0 Å². The maximum absolute atomic E-state index is 13.2. The van der Waals surface area contributed by atoms with Gasteiger partial charge in [0.15, 0.2) is 17.1 Å². The lowest BCUT2D eigenvalue weighted by Gasteiger charge is -2.15. The highest BCUT2D eigenvalue weighted by atomic mass is 32.2. The maximum atomic E-state index is 13.2. The molecule has 2 aromatic carbocycles. The minimum atomic E-state index is -0.512. The van der Waals surface area contributed by atoms with E-state index in [4.69, 9.17) is 9.47 Å². The van der Waals surface area contributed by atoms with Crippen LogP contribution in [0.4, 0.5) is 9.39 Å². The van der Waals surface area contributed by atoms with Crippen molar-refractivity contribution in [3.63, 3.8) is 0 Å². The van der Waals surface area contributed by atoms with Crippen molar-refractivity contribution in [2.45, 2.75) is 38.6 Å². The summed E-state index contributed by atoms with van der Waals surface area (Å²) in [6.45, 7) is 6.26. The standard InChI is InChI=1S/C27H27FN4O4S2/c1-5-32-24(16(2)36-20-13-11-19(28)12-14-20)30-31-27(32)37-15-21(33)29-25-23(26(34)35-4)22(17(3)38-25)18-9-7-6-8-10-18/h6-14,16H,5,15H2,1-4H3,(H,29,33). The summed E-state index contributed by atoms with van der Waals surface area (Å²) in [4.78, 5) is 26.5. The van der Waals surface area contributed by atoms with Gasteiger partial charge in [-0.15, -0.1) is 21.5 Å². The number of benzene rings is 2. The van der Waals surface area contributed by atoms with Crippen molar-refractivity contribution in [1.29, 1.82) is 0 Å². The Morgan fingerprint density at radius 3 is 2.50 bits per heavy atom. The molecule has 38 heavy (non-hydrogen) atoms. The van der Waals surface area contributed by atoms with E-state index in [-0.39, 0.29) is 17.5 Å². The van der Waals surface area contributed by atoms with Gasteiger partial charge >= 0.3 is 5.97 Å². The van der Waals surface area contributed by atoms with E-state index in [2.05, 4.69) is 15.5 Å². The monoisotopic (exact) mass is 554 g/mol. The largest absolute Gasteiger partial charge is 0.483 e. The second-order valence-electron chi connectivity index (χ2n) is 8.23. The highest BCUT2D eigenvalue weighted by molar-refractivity contribution is 7.99. The third-order valence-electron chi connectivity index (χ3n) is 5.67. The fraction of sp³-hybridized carbons (Fsp3) is 0.259. The van der Waals surface area contributed by atoms with Crippen LogP contribution in [0.15, 0.2) is 59.8 Å². The number of thioether (sulfide) groups is 1. The number of esters is 1. The minimum Gasteiger partial charge on any atom is -0.483 e. The van der Waals surface area contributed by atoms with Crippen molar-refractivity contribution < 1.29 is 23.5 Å². The summed E-state index contributed by atoms with van der Waals surface area (Å²) in [5.41, 5.74) is 1.96. The van der Waals surface area contributed by atoms with Gasteiger partial charge in [0.05, 0.1) is 12.9 Å². The van der Waals surface area contributed by atoms with Crippen LogP contribution in [0.3, 0.4) is 0 Å². The lowest BCUT2D eigenvalue weighted by Crippen LogP contribution is -2.17. The van der Waals surface area contributed by atoms with Crippen LogP contribution in [0, 0.1) is 12.7 Å². The van der Waals surface area contributed by atoms with Crippen molar-refractivity contribution in [2.75, 3.05) is 18.2 Å². The lowest BCUT2D eigenvalue weighted by molar-refractivity contribution is -0.113. The molecule has 0 aliphatic heterocycles. The van der Waals surface area contributed by atoms with Gasteiger partial charge in [-0.05, 0) is 50.6 Å². The average Bonchev–Trinajstić information content (AvgIpc) is 3.48. The molecule has 4 rings (SSSR count). The summed E-state index contributed by atoms with van der Waals surface area (Å²) in [5.74, 6) is 0.0236. The molecule has 1 atom stereocenters. The van der Waals surface area contributed by atoms with Gasteiger partial charge in [0, 0.05) is 17.0 Å². The van der Waals surface area contributed by atoms with Crippen LogP contribution in [0.1, 0.15) is 41.0 Å². The first-order valence-electron chi connectivity index (χ1n) is 11.9. The topological polar surface area (TPSA) is 95.3 Å². The highest BCUT2D eigenvalue weighted by Gasteiger charge is 2.25. The molecule has 0 saturated heterocycles. The van der Waals surface area contributed by atoms with Gasteiger partial charge in [-0.1, -0.05) is 42.1 Å². The first-order valence-corrected chi connectivity index (χ1v) is 13.7. The van der Waals surface area contributed by atoms with Crippen LogP contribution in [0.25, 0.3) is 11.1 Å². The van der Waals surface area contributed by atoms with E-state index in [1.807, 2.05) is 55.7 Å². The number of aromatic nitrogens is 3. The molecular weight excluding hydrogens is 527 g/mol. The van der Waals surface area contributed by atoms with Crippen molar-refractivity contribution in [3.8, 4) is 16.9 Å². The molecule has 0 radical (unpaired) electrons. The number of hydrogen-bond acceptors (Lipinski definition) is 8. The molecule has 0 bridgehead atoms. The van der Waals surface area contributed by atoms with E-state index < -0.39 is 12.1 Å². The molecule has 2 aromatic heterocycles. The number of methoxy groups -OCH3 is 1. The van der Waals surface area contributed by atoms with Crippen molar-refractivity contribution in [1.82, 2.24) is 14.8 Å². The van der Waals surface area contributed by atoms with E-state index in [9.17, 15) is 14.0 Å². The Balaban J connectivity index is 1.47. The lowest BCUT2D eigenvalue weighted by atomic mass is 10.0. The fourth-order valence-corrected chi connectivity index (χ4v) is 5.84. The van der Waals surface area contributed by atoms with Crippen molar-refractivity contribution >= 4 is 40.0 Å². The molecule has 8 nitrogen and oxygen atoms in total. The number of carbonyl (C=O) groups excluding carboxylic acids is 2. The molecule has 0 saturated carbocycles. The summed E-state index contributed by atoms with van der Waals surface area (Å²) in [6.07, 6.45) is -0.441. The first kappa shape index (κ1) is 27.3. The average molecular weight is 555 g/mol. The van der Waals surface area contributed by atoms with Gasteiger partial charge < -0.3 is 19.4 Å². The van der Waals surface area contributed by atoms with Gasteiger partial charge in [0.1, 0.15) is 22.1 Å². The quantitative estimate of drug-likeness (QED) is 0.186. The van der Waals surface area contributed by atoms with Crippen LogP contribution < -0.4 is 10.1 Å². The highest BCUT2D eigenvalue weighted by Crippen LogP contribution is 2.40. The van der Waals surface area contributed by atoms with Gasteiger partial charge in [-0.25, -0.2) is 9.18 Å². The van der Waals surface area contributed by atoms with Gasteiger partial charge in [0.2, 0.25) is 5.91 Å². The number of thiophene rings is 1. The van der Waals surface area contributed by atoms with Crippen molar-refractivity contribution in [3.05, 3.63) is 76.7 Å². The Bertz CT molecular complexity index is 1420. The van der Waals surface area contributed by atoms with Crippen LogP contribution in [-0.4, -0.2) is 39.5 Å². The Labute approximate surface area is 228 Å². The first-order chi connectivity index (χ1) is 18.3. The Kier molecular flexibility index (Phi) is 8.80. The molecule has 1 N–H and O–H groups in total. The molecule has 0 spiro atoms. The van der Waals surface area contributed by atoms with E-state index in [1.165, 1.54) is 42.3 Å². The molecular formula is C27H27FN4O4S2. The summed E-state index contributed by atoms with van der Waals surface area (Å²) >= 11 is 2.57. The Hall–Kier alpha value is -3.70. The molecule has 0 fully saturated rings. The third kappa shape index (κ3) is 6.05. The number of halogens is 1. The fourth-order valence-electron chi connectivity index (χ4n) is 3.95. The number of aryl methyl sites for hydroxylation is 1. The number of carbonyl (C=O) groups is 2. The summed E-state index contributed by atoms with van der Waals surface area (Å²) in [5, 5.41) is 12.4. The van der Waals surface area contributed by atoms with Crippen LogP contribution in [0.5, 0.6) is 5.75 Å². The van der Waals surface area contributed by atoms with Crippen molar-refractivity contribution in [2.24, 2.45) is 0 Å². The molecule has 198 valence electrons. The summed E-state index contributed by atoms with van der Waals surface area (Å²) < 4.78 is 26.0. The summed E-state index contributed by atoms with van der Waals surface area (Å²) in [6, 6.07) is 15.3. The SMILES string of the molecule is CCn1c(SCC(=O)Nc2sc(C)c(-c3ccccc3)c2C(=O)OC)nnc1C(C)Oc1ccc(F)cc1. The second-order valence-corrected chi connectivity index (χ2v) is 10.4. The number of amides is 1. The smallest absolute Gasteiger partial charge is 0.341 e. The zero-order chi connectivity index (χ0) is 27.2. The number of nitrogens with zero attached hydrogens (tertiary/aromatic N) is 3. The molecule has 2 heterocycles. The molecule has 1 amide bonds. The minimum absolute atomic E-state index is 0.0591. The van der Waals surface area contributed by atoms with Crippen LogP contribution >= 0.6 is 23.1 Å². The predicted octanol–water partition coefficient (Wildman–Crippen LogP) is 6.13. The van der Waals surface area contributed by atoms with E-state index in [0.29, 0.717) is 33.8 Å². The van der Waals surface area contributed by atoms with E-state index in [1.54, 1.807) is 12.1 Å². The summed E-state index contributed by atoms with van der Waals surface area (Å²) in [7, 11) is 1.32. The number of anilines is 1. The molecule has 0 aliphatic carbocycles. The van der Waals surface area contributed by atoms with Gasteiger partial charge in [-0.2, -0.15) is 0 Å².